The number of thioether (sulfide) groups is 1. The first-order chi connectivity index (χ1) is 9.60. The molecule has 7 heteroatoms. The number of likely N-dealkylation sites (tertiary alicyclic amines) is 2. The minimum absolute atomic E-state index is 0.0985. The van der Waals surface area contributed by atoms with E-state index in [1.165, 1.54) is 0 Å². The molecule has 3 saturated heterocycles. The van der Waals surface area contributed by atoms with E-state index in [1.54, 1.807) is 4.90 Å². The molecule has 6 nitrogen and oxygen atoms in total. The molecule has 0 unspecified atom stereocenters. The largest absolute Gasteiger partial charge is 0.363 e. The summed E-state index contributed by atoms with van der Waals surface area (Å²) < 4.78 is 5.78. The van der Waals surface area contributed by atoms with Crippen LogP contribution < -0.4 is 0 Å². The third-order valence-corrected chi connectivity index (χ3v) is 5.56. The normalized spacial score (nSPS) is 25.8. The number of ether oxygens (including phenoxy) is 1. The molecule has 0 saturated carbocycles. The van der Waals surface area contributed by atoms with Gasteiger partial charge in [0.1, 0.15) is 11.5 Å². The van der Waals surface area contributed by atoms with E-state index in [1.807, 2.05) is 11.8 Å². The van der Waals surface area contributed by atoms with Gasteiger partial charge < -0.3 is 9.64 Å². The number of hydrogen-bond acceptors (Lipinski definition) is 5. The fraction of sp³-hybridized carbons (Fsp3) is 0.769. The van der Waals surface area contributed by atoms with Crippen LogP contribution in [0.1, 0.15) is 25.7 Å². The average molecular weight is 298 g/mol. The summed E-state index contributed by atoms with van der Waals surface area (Å²) >= 11 is 1.83. The predicted octanol–water partition coefficient (Wildman–Crippen LogP) is 0.217. The minimum atomic E-state index is -0.230. The van der Waals surface area contributed by atoms with Crippen LogP contribution in [0.3, 0.4) is 0 Å². The molecule has 3 fully saturated rings. The highest BCUT2D eigenvalue weighted by molar-refractivity contribution is 8.00. The summed E-state index contributed by atoms with van der Waals surface area (Å²) in [6, 6.07) is 0. The van der Waals surface area contributed by atoms with Crippen LogP contribution in [-0.2, 0) is 19.1 Å². The number of imide groups is 1. The minimum Gasteiger partial charge on any atom is -0.363 e. The molecular weight excluding hydrogens is 280 g/mol. The smallest absolute Gasteiger partial charge is 0.242 e. The fourth-order valence-electron chi connectivity index (χ4n) is 2.92. The van der Waals surface area contributed by atoms with Crippen molar-refractivity contribution in [1.82, 2.24) is 9.80 Å². The zero-order chi connectivity index (χ0) is 14.2. The highest BCUT2D eigenvalue weighted by Crippen LogP contribution is 2.41. The van der Waals surface area contributed by atoms with Gasteiger partial charge in [-0.25, -0.2) is 0 Å². The molecule has 3 rings (SSSR count). The lowest BCUT2D eigenvalue weighted by molar-refractivity contribution is -0.146. The highest BCUT2D eigenvalue weighted by atomic mass is 32.2. The quantitative estimate of drug-likeness (QED) is 0.682. The molecule has 0 aromatic carbocycles. The van der Waals surface area contributed by atoms with Crippen molar-refractivity contribution in [3.8, 4) is 0 Å². The van der Waals surface area contributed by atoms with Crippen molar-refractivity contribution >= 4 is 29.5 Å². The zero-order valence-corrected chi connectivity index (χ0v) is 12.1. The Hall–Kier alpha value is -1.08. The molecule has 3 amide bonds. The number of carbonyl (C=O) groups is 3. The molecule has 1 spiro atoms. The van der Waals surface area contributed by atoms with Gasteiger partial charge in [0, 0.05) is 44.5 Å². The Kier molecular flexibility index (Phi) is 3.72. The standard InChI is InChI=1S/C13H18N2O4S/c16-10-1-2-11(17)15(10)9-12(18)14-5-3-13(4-6-14)19-7-8-20-13/h1-9H2. The fourth-order valence-corrected chi connectivity index (χ4v) is 4.09. The summed E-state index contributed by atoms with van der Waals surface area (Å²) in [5, 5.41) is 0. The number of piperidine rings is 1. The second-order valence-corrected chi connectivity index (χ2v) is 6.80. The molecule has 0 aromatic heterocycles. The molecule has 20 heavy (non-hydrogen) atoms. The first kappa shape index (κ1) is 13.9. The van der Waals surface area contributed by atoms with Gasteiger partial charge in [0.15, 0.2) is 0 Å². The number of nitrogens with zero attached hydrogens (tertiary/aromatic N) is 2. The Labute approximate surface area is 121 Å². The lowest BCUT2D eigenvalue weighted by atomic mass is 10.1. The second kappa shape index (κ2) is 5.37. The van der Waals surface area contributed by atoms with Gasteiger partial charge >= 0.3 is 0 Å². The van der Waals surface area contributed by atoms with Crippen molar-refractivity contribution in [3.05, 3.63) is 0 Å². The maximum atomic E-state index is 12.2. The zero-order valence-electron chi connectivity index (χ0n) is 11.3. The van der Waals surface area contributed by atoms with Crippen LogP contribution in [0.2, 0.25) is 0 Å². The number of carbonyl (C=O) groups excluding carboxylic acids is 3. The molecule has 3 heterocycles. The first-order valence-electron chi connectivity index (χ1n) is 6.99. The van der Waals surface area contributed by atoms with E-state index in [4.69, 9.17) is 4.74 Å². The van der Waals surface area contributed by atoms with Gasteiger partial charge in [0.2, 0.25) is 17.7 Å². The van der Waals surface area contributed by atoms with E-state index >= 15 is 0 Å². The Bertz CT molecular complexity index is 422. The van der Waals surface area contributed by atoms with Crippen molar-refractivity contribution < 1.29 is 19.1 Å². The monoisotopic (exact) mass is 298 g/mol. The molecule has 110 valence electrons. The maximum Gasteiger partial charge on any atom is 0.242 e. The average Bonchev–Trinajstić information content (AvgIpc) is 3.02. The summed E-state index contributed by atoms with van der Waals surface area (Å²) in [5.74, 6) is 0.425. The van der Waals surface area contributed by atoms with Crippen LogP contribution in [-0.4, -0.2) is 64.4 Å². The van der Waals surface area contributed by atoms with Gasteiger partial charge in [-0.05, 0) is 0 Å². The van der Waals surface area contributed by atoms with Crippen molar-refractivity contribution in [1.29, 1.82) is 0 Å². The molecule has 0 radical (unpaired) electrons. The van der Waals surface area contributed by atoms with Crippen LogP contribution in [0.25, 0.3) is 0 Å². The Morgan fingerprint density at radius 2 is 1.85 bits per heavy atom. The molecule has 3 aliphatic rings. The molecule has 0 aliphatic carbocycles. The Morgan fingerprint density at radius 3 is 2.40 bits per heavy atom. The van der Waals surface area contributed by atoms with Gasteiger partial charge in [-0.2, -0.15) is 0 Å². The molecule has 0 aromatic rings. The van der Waals surface area contributed by atoms with Crippen LogP contribution in [0, 0.1) is 0 Å². The van der Waals surface area contributed by atoms with Gasteiger partial charge in [-0.1, -0.05) is 0 Å². The van der Waals surface area contributed by atoms with E-state index in [0.29, 0.717) is 13.1 Å². The van der Waals surface area contributed by atoms with Crippen LogP contribution in [0.5, 0.6) is 0 Å². The van der Waals surface area contributed by atoms with Crippen LogP contribution in [0.15, 0.2) is 0 Å². The molecular formula is C13H18N2O4S. The topological polar surface area (TPSA) is 66.9 Å². The summed E-state index contributed by atoms with van der Waals surface area (Å²) in [4.78, 5) is 37.9. The summed E-state index contributed by atoms with van der Waals surface area (Å²) in [6.07, 6.45) is 2.12. The number of hydrogen-bond donors (Lipinski definition) is 0. The third-order valence-electron chi connectivity index (χ3n) is 4.14. The van der Waals surface area contributed by atoms with Gasteiger partial charge in [0.05, 0.1) is 6.61 Å². The van der Waals surface area contributed by atoms with Crippen molar-refractivity contribution in [2.45, 2.75) is 30.6 Å². The van der Waals surface area contributed by atoms with Gasteiger partial charge in [-0.15, -0.1) is 11.8 Å². The van der Waals surface area contributed by atoms with Crippen molar-refractivity contribution in [2.75, 3.05) is 32.0 Å². The predicted molar refractivity (Wildman–Crippen MR) is 72.9 cm³/mol. The van der Waals surface area contributed by atoms with E-state index < -0.39 is 0 Å². The van der Waals surface area contributed by atoms with Crippen LogP contribution in [0.4, 0.5) is 0 Å². The van der Waals surface area contributed by atoms with E-state index in [9.17, 15) is 14.4 Å². The lowest BCUT2D eigenvalue weighted by Crippen LogP contribution is -2.49. The SMILES string of the molecule is O=C(CN1C(=O)CCC1=O)N1CCC2(CC1)OCCS2. The highest BCUT2D eigenvalue weighted by Gasteiger charge is 2.41. The van der Waals surface area contributed by atoms with Gasteiger partial charge in [-0.3, -0.25) is 19.3 Å². The molecule has 0 atom stereocenters. The Morgan fingerprint density at radius 1 is 1.20 bits per heavy atom. The summed E-state index contributed by atoms with van der Waals surface area (Å²) in [5.41, 5.74) is 0. The summed E-state index contributed by atoms with van der Waals surface area (Å²) in [7, 11) is 0. The van der Waals surface area contributed by atoms with Crippen LogP contribution >= 0.6 is 11.8 Å². The second-order valence-electron chi connectivity index (χ2n) is 5.36. The van der Waals surface area contributed by atoms with Crippen molar-refractivity contribution in [3.63, 3.8) is 0 Å². The number of amides is 3. The van der Waals surface area contributed by atoms with E-state index in [2.05, 4.69) is 0 Å². The number of rotatable bonds is 2. The van der Waals surface area contributed by atoms with Crippen molar-refractivity contribution in [2.24, 2.45) is 0 Å². The first-order valence-corrected chi connectivity index (χ1v) is 7.97. The third kappa shape index (κ3) is 2.56. The van der Waals surface area contributed by atoms with E-state index in [0.717, 1.165) is 30.1 Å². The molecule has 0 N–H and O–H groups in total. The summed E-state index contributed by atoms with van der Waals surface area (Å²) in [6.45, 7) is 1.97. The molecule has 0 bridgehead atoms. The molecule has 3 aliphatic heterocycles. The lowest BCUT2D eigenvalue weighted by Gasteiger charge is -2.38. The van der Waals surface area contributed by atoms with E-state index in [-0.39, 0.29) is 42.0 Å². The van der Waals surface area contributed by atoms with Gasteiger partial charge in [0.25, 0.3) is 0 Å². The maximum absolute atomic E-state index is 12.2. The Balaban J connectivity index is 1.54.